The van der Waals surface area contributed by atoms with Gasteiger partial charge in [-0.05, 0) is 87.9 Å². The van der Waals surface area contributed by atoms with Crippen LogP contribution in [0.3, 0.4) is 0 Å². The summed E-state index contributed by atoms with van der Waals surface area (Å²) < 4.78 is 6.50. The van der Waals surface area contributed by atoms with Crippen LogP contribution in [-0.4, -0.2) is 25.0 Å². The van der Waals surface area contributed by atoms with Crippen molar-refractivity contribution in [1.29, 1.82) is 5.26 Å². The van der Waals surface area contributed by atoms with E-state index in [1.807, 2.05) is 6.07 Å². The molecule has 0 N–H and O–H groups in total. The van der Waals surface area contributed by atoms with Crippen molar-refractivity contribution in [2.45, 2.75) is 50.7 Å². The molecule has 29 heavy (non-hydrogen) atoms. The summed E-state index contributed by atoms with van der Waals surface area (Å²) in [7, 11) is 4.40. The fourth-order valence-electron chi connectivity index (χ4n) is 5.14. The van der Waals surface area contributed by atoms with E-state index in [0.29, 0.717) is 22.3 Å². The lowest BCUT2D eigenvalue weighted by Gasteiger charge is -2.34. The molecule has 0 aromatic heterocycles. The third kappa shape index (κ3) is 4.44. The second-order valence-electron chi connectivity index (χ2n) is 8.83. The molecule has 2 aromatic rings. The van der Waals surface area contributed by atoms with E-state index >= 15 is 0 Å². The van der Waals surface area contributed by atoms with E-state index in [1.165, 1.54) is 43.2 Å². The summed E-state index contributed by atoms with van der Waals surface area (Å²) in [5.74, 6) is 1.92. The summed E-state index contributed by atoms with van der Waals surface area (Å²) in [5.41, 5.74) is 3.25. The highest BCUT2D eigenvalue weighted by atomic mass is 35.5. The molecule has 2 unspecified atom stereocenters. The van der Waals surface area contributed by atoms with Gasteiger partial charge in [0, 0.05) is 12.0 Å². The Balaban J connectivity index is 1.51. The van der Waals surface area contributed by atoms with E-state index in [1.54, 1.807) is 12.1 Å². The molecule has 0 spiro atoms. The largest absolute Gasteiger partial charge is 0.484 e. The maximum atomic E-state index is 9.09. The summed E-state index contributed by atoms with van der Waals surface area (Å²) in [4.78, 5) is 2.38. The standard InChI is InChI=1S/C25H29ClN2O/c1-28(2)21-10-7-17(8-11-21)13-20-15-19-5-3-4-6-22(19)25(20)29-24-12-9-18(16-27)14-23(24)26/h3-6,9,12,14,17,20-21,25H,7-8,10-11,13,15H2,1-2H3. The third-order valence-corrected chi connectivity index (χ3v) is 7.06. The zero-order valence-corrected chi connectivity index (χ0v) is 18.0. The van der Waals surface area contributed by atoms with Gasteiger partial charge in [0.25, 0.3) is 0 Å². The van der Waals surface area contributed by atoms with E-state index in [-0.39, 0.29) is 6.10 Å². The lowest BCUT2D eigenvalue weighted by molar-refractivity contribution is 0.113. The molecule has 4 heteroatoms. The van der Waals surface area contributed by atoms with Crippen molar-refractivity contribution in [2.75, 3.05) is 14.1 Å². The predicted octanol–water partition coefficient (Wildman–Crippen LogP) is 6.01. The molecule has 0 radical (unpaired) electrons. The lowest BCUT2D eigenvalue weighted by atomic mass is 9.79. The van der Waals surface area contributed by atoms with Crippen molar-refractivity contribution in [2.24, 2.45) is 11.8 Å². The Morgan fingerprint density at radius 2 is 1.86 bits per heavy atom. The fraction of sp³-hybridized carbons (Fsp3) is 0.480. The lowest BCUT2D eigenvalue weighted by Crippen LogP contribution is -2.33. The first kappa shape index (κ1) is 20.3. The molecule has 0 aliphatic heterocycles. The minimum absolute atomic E-state index is 0.0307. The number of hydrogen-bond acceptors (Lipinski definition) is 3. The van der Waals surface area contributed by atoms with E-state index in [0.717, 1.165) is 18.4 Å². The van der Waals surface area contributed by atoms with Crippen LogP contribution in [0.25, 0.3) is 0 Å². The Morgan fingerprint density at radius 1 is 1.10 bits per heavy atom. The van der Waals surface area contributed by atoms with Crippen LogP contribution in [0, 0.1) is 23.2 Å². The molecule has 2 aromatic carbocycles. The molecule has 0 heterocycles. The number of nitrogens with zero attached hydrogens (tertiary/aromatic N) is 2. The molecule has 0 bridgehead atoms. The molecule has 1 fully saturated rings. The Morgan fingerprint density at radius 3 is 2.55 bits per heavy atom. The molecule has 2 atom stereocenters. The zero-order chi connectivity index (χ0) is 20.4. The van der Waals surface area contributed by atoms with Crippen LogP contribution in [0.1, 0.15) is 54.9 Å². The maximum absolute atomic E-state index is 9.09. The number of halogens is 1. The zero-order valence-electron chi connectivity index (χ0n) is 17.3. The molecule has 3 nitrogen and oxygen atoms in total. The first-order chi connectivity index (χ1) is 14.0. The second-order valence-corrected chi connectivity index (χ2v) is 9.24. The average molecular weight is 409 g/mol. The number of rotatable bonds is 5. The van der Waals surface area contributed by atoms with E-state index in [4.69, 9.17) is 21.6 Å². The van der Waals surface area contributed by atoms with Crippen LogP contribution in [0.2, 0.25) is 5.02 Å². The molecule has 0 saturated heterocycles. The van der Waals surface area contributed by atoms with Gasteiger partial charge >= 0.3 is 0 Å². The Kier molecular flexibility index (Phi) is 6.13. The summed E-state index contributed by atoms with van der Waals surface area (Å²) >= 11 is 6.42. The van der Waals surface area contributed by atoms with E-state index in [9.17, 15) is 0 Å². The number of hydrogen-bond donors (Lipinski definition) is 0. The monoisotopic (exact) mass is 408 g/mol. The highest BCUT2D eigenvalue weighted by molar-refractivity contribution is 6.32. The Bertz CT molecular complexity index is 896. The molecular weight excluding hydrogens is 380 g/mol. The second kappa shape index (κ2) is 8.78. The third-order valence-electron chi connectivity index (χ3n) is 6.77. The summed E-state index contributed by atoms with van der Waals surface area (Å²) in [6.45, 7) is 0. The Labute approximate surface area is 179 Å². The van der Waals surface area contributed by atoms with Crippen molar-refractivity contribution in [3.05, 3.63) is 64.2 Å². The molecule has 4 rings (SSSR count). The van der Waals surface area contributed by atoms with Gasteiger partial charge in [-0.3, -0.25) is 0 Å². The smallest absolute Gasteiger partial charge is 0.138 e. The highest BCUT2D eigenvalue weighted by Crippen LogP contribution is 2.45. The van der Waals surface area contributed by atoms with Crippen LogP contribution >= 0.6 is 11.6 Å². The van der Waals surface area contributed by atoms with Crippen LogP contribution in [0.5, 0.6) is 5.75 Å². The topological polar surface area (TPSA) is 36.3 Å². The van der Waals surface area contributed by atoms with Crippen LogP contribution in [-0.2, 0) is 6.42 Å². The normalized spacial score (nSPS) is 26.2. The predicted molar refractivity (Wildman–Crippen MR) is 117 cm³/mol. The fourth-order valence-corrected chi connectivity index (χ4v) is 5.36. The highest BCUT2D eigenvalue weighted by Gasteiger charge is 2.36. The SMILES string of the molecule is CN(C)C1CCC(CC2Cc3ccccc3C2Oc2ccc(C#N)cc2Cl)CC1. The number of ether oxygens (including phenoxy) is 1. The van der Waals surface area contributed by atoms with Gasteiger partial charge in [0.2, 0.25) is 0 Å². The average Bonchev–Trinajstić information content (AvgIpc) is 3.07. The molecule has 2 aliphatic rings. The molecule has 2 aliphatic carbocycles. The van der Waals surface area contributed by atoms with E-state index < -0.39 is 0 Å². The van der Waals surface area contributed by atoms with Gasteiger partial charge in [0.05, 0.1) is 16.7 Å². The number of nitriles is 1. The van der Waals surface area contributed by atoms with Crippen molar-refractivity contribution in [3.8, 4) is 11.8 Å². The van der Waals surface area contributed by atoms with Crippen LogP contribution in [0.4, 0.5) is 0 Å². The summed E-state index contributed by atoms with van der Waals surface area (Å²) in [6, 6.07) is 16.8. The quantitative estimate of drug-likeness (QED) is 0.607. The summed E-state index contributed by atoms with van der Waals surface area (Å²) in [5, 5.41) is 9.60. The summed E-state index contributed by atoms with van der Waals surface area (Å²) in [6.07, 6.45) is 7.51. The van der Waals surface area contributed by atoms with Gasteiger partial charge in [-0.15, -0.1) is 0 Å². The minimum Gasteiger partial charge on any atom is -0.484 e. The van der Waals surface area contributed by atoms with Gasteiger partial charge in [-0.2, -0.15) is 5.26 Å². The van der Waals surface area contributed by atoms with Crippen LogP contribution < -0.4 is 4.74 Å². The first-order valence-corrected chi connectivity index (χ1v) is 11.0. The van der Waals surface area contributed by atoms with Gasteiger partial charge in [0.1, 0.15) is 11.9 Å². The molecule has 1 saturated carbocycles. The molecular formula is C25H29ClN2O. The maximum Gasteiger partial charge on any atom is 0.138 e. The van der Waals surface area contributed by atoms with Crippen molar-refractivity contribution in [3.63, 3.8) is 0 Å². The van der Waals surface area contributed by atoms with E-state index in [2.05, 4.69) is 49.3 Å². The van der Waals surface area contributed by atoms with Gasteiger partial charge < -0.3 is 9.64 Å². The van der Waals surface area contributed by atoms with Gasteiger partial charge in [0.15, 0.2) is 0 Å². The van der Waals surface area contributed by atoms with Crippen molar-refractivity contribution >= 4 is 11.6 Å². The molecule has 152 valence electrons. The first-order valence-electron chi connectivity index (χ1n) is 10.7. The molecule has 0 amide bonds. The Hall–Kier alpha value is -2.02. The number of fused-ring (bicyclic) bond motifs is 1. The van der Waals surface area contributed by atoms with Crippen molar-refractivity contribution in [1.82, 2.24) is 4.90 Å². The van der Waals surface area contributed by atoms with Gasteiger partial charge in [-0.25, -0.2) is 0 Å². The van der Waals surface area contributed by atoms with Crippen LogP contribution in [0.15, 0.2) is 42.5 Å². The van der Waals surface area contributed by atoms with Crippen molar-refractivity contribution < 1.29 is 4.74 Å². The minimum atomic E-state index is 0.0307. The number of benzene rings is 2. The van der Waals surface area contributed by atoms with Gasteiger partial charge in [-0.1, -0.05) is 35.9 Å².